The van der Waals surface area contributed by atoms with Crippen molar-refractivity contribution in [2.75, 3.05) is 27.2 Å². The van der Waals surface area contributed by atoms with Gasteiger partial charge in [0, 0.05) is 45.7 Å². The fourth-order valence-corrected chi connectivity index (χ4v) is 2.77. The predicted molar refractivity (Wildman–Crippen MR) is 113 cm³/mol. The molecular formula is C22H30N4O2. The standard InChI is InChI=1S/C22H30N4O2/c1-4-28-20-13-9-8-12-19(20)16-25-22(23-2)24-15-14-21(27)26(3)17-18-10-6-5-7-11-18/h5-13H,4,14-17H2,1-3H3,(H2,23,24,25). The minimum absolute atomic E-state index is 0.0912. The molecular weight excluding hydrogens is 352 g/mol. The molecule has 0 aliphatic heterocycles. The van der Waals surface area contributed by atoms with Crippen molar-refractivity contribution >= 4 is 11.9 Å². The molecule has 0 saturated heterocycles. The van der Waals surface area contributed by atoms with Gasteiger partial charge in [-0.1, -0.05) is 48.5 Å². The summed E-state index contributed by atoms with van der Waals surface area (Å²) in [6.45, 7) is 4.32. The maximum Gasteiger partial charge on any atom is 0.224 e. The van der Waals surface area contributed by atoms with Crippen LogP contribution in [0.4, 0.5) is 0 Å². The first-order valence-corrected chi connectivity index (χ1v) is 9.57. The number of carbonyl (C=O) groups is 1. The van der Waals surface area contributed by atoms with Crippen molar-refractivity contribution in [1.82, 2.24) is 15.5 Å². The lowest BCUT2D eigenvalue weighted by Gasteiger charge is -2.18. The molecule has 2 aromatic rings. The Morgan fingerprint density at radius 2 is 1.79 bits per heavy atom. The Kier molecular flexibility index (Phi) is 8.85. The second-order valence-electron chi connectivity index (χ2n) is 6.38. The summed E-state index contributed by atoms with van der Waals surface area (Å²) < 4.78 is 5.64. The van der Waals surface area contributed by atoms with Crippen LogP contribution in [-0.2, 0) is 17.9 Å². The van der Waals surface area contributed by atoms with Crippen molar-refractivity contribution in [2.24, 2.45) is 4.99 Å². The highest BCUT2D eigenvalue weighted by molar-refractivity contribution is 5.81. The summed E-state index contributed by atoms with van der Waals surface area (Å²) in [7, 11) is 3.54. The van der Waals surface area contributed by atoms with Crippen molar-refractivity contribution < 1.29 is 9.53 Å². The van der Waals surface area contributed by atoms with Gasteiger partial charge in [-0.25, -0.2) is 0 Å². The molecule has 150 valence electrons. The number of amides is 1. The zero-order valence-electron chi connectivity index (χ0n) is 16.9. The third-order valence-electron chi connectivity index (χ3n) is 4.26. The quantitative estimate of drug-likeness (QED) is 0.517. The normalized spacial score (nSPS) is 11.0. The van der Waals surface area contributed by atoms with Crippen molar-refractivity contribution in [3.05, 3.63) is 65.7 Å². The number of aliphatic imine (C=N–C) groups is 1. The van der Waals surface area contributed by atoms with E-state index in [1.165, 1.54) is 0 Å². The number of hydrogen-bond donors (Lipinski definition) is 2. The third kappa shape index (κ3) is 6.95. The molecule has 28 heavy (non-hydrogen) atoms. The van der Waals surface area contributed by atoms with E-state index in [4.69, 9.17) is 4.74 Å². The lowest BCUT2D eigenvalue weighted by Crippen LogP contribution is -2.39. The van der Waals surface area contributed by atoms with Gasteiger partial charge in [0.25, 0.3) is 0 Å². The van der Waals surface area contributed by atoms with Gasteiger partial charge in [-0.3, -0.25) is 9.79 Å². The molecule has 2 aromatic carbocycles. The van der Waals surface area contributed by atoms with Gasteiger partial charge in [-0.15, -0.1) is 0 Å². The first kappa shape index (κ1) is 21.3. The zero-order chi connectivity index (χ0) is 20.2. The summed E-state index contributed by atoms with van der Waals surface area (Å²) >= 11 is 0. The molecule has 0 aliphatic carbocycles. The highest BCUT2D eigenvalue weighted by Crippen LogP contribution is 2.17. The molecule has 6 nitrogen and oxygen atoms in total. The predicted octanol–water partition coefficient (Wildman–Crippen LogP) is 2.80. The molecule has 0 fully saturated rings. The SMILES string of the molecule is CCOc1ccccc1CNC(=NC)NCCC(=O)N(C)Cc1ccccc1. The number of carbonyl (C=O) groups excluding carboxylic acids is 1. The van der Waals surface area contributed by atoms with Crippen LogP contribution in [0.5, 0.6) is 5.75 Å². The van der Waals surface area contributed by atoms with Gasteiger partial charge >= 0.3 is 0 Å². The zero-order valence-corrected chi connectivity index (χ0v) is 16.9. The van der Waals surface area contributed by atoms with Gasteiger partial charge in [-0.2, -0.15) is 0 Å². The number of nitrogens with zero attached hydrogens (tertiary/aromatic N) is 2. The van der Waals surface area contributed by atoms with E-state index in [2.05, 4.69) is 15.6 Å². The minimum Gasteiger partial charge on any atom is -0.494 e. The summed E-state index contributed by atoms with van der Waals surface area (Å²) in [5, 5.41) is 6.45. The van der Waals surface area contributed by atoms with E-state index >= 15 is 0 Å². The van der Waals surface area contributed by atoms with Gasteiger partial charge in [0.05, 0.1) is 6.61 Å². The van der Waals surface area contributed by atoms with E-state index in [0.717, 1.165) is 16.9 Å². The smallest absolute Gasteiger partial charge is 0.224 e. The molecule has 0 atom stereocenters. The first-order valence-electron chi connectivity index (χ1n) is 9.57. The molecule has 0 heterocycles. The van der Waals surface area contributed by atoms with Gasteiger partial charge in [0.2, 0.25) is 5.91 Å². The second-order valence-corrected chi connectivity index (χ2v) is 6.38. The van der Waals surface area contributed by atoms with Crippen LogP contribution < -0.4 is 15.4 Å². The van der Waals surface area contributed by atoms with Crippen LogP contribution in [0.15, 0.2) is 59.6 Å². The van der Waals surface area contributed by atoms with Crippen LogP contribution >= 0.6 is 0 Å². The van der Waals surface area contributed by atoms with E-state index in [9.17, 15) is 4.79 Å². The second kappa shape index (κ2) is 11.6. The Hall–Kier alpha value is -3.02. The first-order chi connectivity index (χ1) is 13.6. The Labute approximate surface area is 167 Å². The average Bonchev–Trinajstić information content (AvgIpc) is 2.72. The van der Waals surface area contributed by atoms with Gasteiger partial charge < -0.3 is 20.3 Å². The third-order valence-corrected chi connectivity index (χ3v) is 4.26. The highest BCUT2D eigenvalue weighted by atomic mass is 16.5. The van der Waals surface area contributed by atoms with Crippen LogP contribution in [0, 0.1) is 0 Å². The maximum absolute atomic E-state index is 12.3. The van der Waals surface area contributed by atoms with Crippen LogP contribution in [-0.4, -0.2) is 44.0 Å². The van der Waals surface area contributed by atoms with Crippen LogP contribution in [0.3, 0.4) is 0 Å². The molecule has 0 saturated carbocycles. The number of hydrogen-bond acceptors (Lipinski definition) is 3. The summed E-state index contributed by atoms with van der Waals surface area (Å²) in [5.41, 5.74) is 2.18. The van der Waals surface area contributed by atoms with Gasteiger partial charge in [-0.05, 0) is 18.6 Å². The number of guanidine groups is 1. The molecule has 2 N–H and O–H groups in total. The maximum atomic E-state index is 12.3. The number of benzene rings is 2. The van der Waals surface area contributed by atoms with Crippen LogP contribution in [0.2, 0.25) is 0 Å². The van der Waals surface area contributed by atoms with Crippen LogP contribution in [0.25, 0.3) is 0 Å². The summed E-state index contributed by atoms with van der Waals surface area (Å²) in [6, 6.07) is 17.9. The monoisotopic (exact) mass is 382 g/mol. The number of rotatable bonds is 9. The largest absolute Gasteiger partial charge is 0.494 e. The number of nitrogens with one attached hydrogen (secondary N) is 2. The molecule has 0 unspecified atom stereocenters. The fraction of sp³-hybridized carbons (Fsp3) is 0.364. The van der Waals surface area contributed by atoms with E-state index in [0.29, 0.717) is 38.6 Å². The fourth-order valence-electron chi connectivity index (χ4n) is 2.77. The van der Waals surface area contributed by atoms with E-state index < -0.39 is 0 Å². The van der Waals surface area contributed by atoms with Crippen LogP contribution in [0.1, 0.15) is 24.5 Å². The Morgan fingerprint density at radius 3 is 2.50 bits per heavy atom. The van der Waals surface area contributed by atoms with Crippen molar-refractivity contribution in [3.8, 4) is 5.75 Å². The van der Waals surface area contributed by atoms with E-state index in [1.54, 1.807) is 11.9 Å². The Morgan fingerprint density at radius 1 is 1.07 bits per heavy atom. The topological polar surface area (TPSA) is 66.0 Å². The van der Waals surface area contributed by atoms with Gasteiger partial charge in [0.15, 0.2) is 5.96 Å². The molecule has 6 heteroatoms. The lowest BCUT2D eigenvalue weighted by atomic mass is 10.2. The summed E-state index contributed by atoms with van der Waals surface area (Å²) in [6.07, 6.45) is 0.402. The Balaban J connectivity index is 1.75. The highest BCUT2D eigenvalue weighted by Gasteiger charge is 2.10. The Bertz CT molecular complexity index is 762. The molecule has 1 amide bonds. The molecule has 2 rings (SSSR count). The van der Waals surface area contributed by atoms with Gasteiger partial charge in [0.1, 0.15) is 5.75 Å². The average molecular weight is 383 g/mol. The molecule has 0 aliphatic rings. The van der Waals surface area contributed by atoms with E-state index in [-0.39, 0.29) is 5.91 Å². The van der Waals surface area contributed by atoms with E-state index in [1.807, 2.05) is 68.6 Å². The number of para-hydroxylation sites is 1. The van der Waals surface area contributed by atoms with Crippen molar-refractivity contribution in [1.29, 1.82) is 0 Å². The summed E-state index contributed by atoms with van der Waals surface area (Å²) in [5.74, 6) is 1.61. The summed E-state index contributed by atoms with van der Waals surface area (Å²) in [4.78, 5) is 18.3. The lowest BCUT2D eigenvalue weighted by molar-refractivity contribution is -0.130. The van der Waals surface area contributed by atoms with Crippen molar-refractivity contribution in [2.45, 2.75) is 26.4 Å². The van der Waals surface area contributed by atoms with Crippen molar-refractivity contribution in [3.63, 3.8) is 0 Å². The molecule has 0 aromatic heterocycles. The molecule has 0 radical (unpaired) electrons. The molecule has 0 bridgehead atoms. The number of ether oxygens (including phenoxy) is 1. The minimum atomic E-state index is 0.0912. The molecule has 0 spiro atoms.